The van der Waals surface area contributed by atoms with Crippen LogP contribution in [0.25, 0.3) is 0 Å². The first-order chi connectivity index (χ1) is 8.18. The van der Waals surface area contributed by atoms with Crippen LogP contribution >= 0.6 is 0 Å². The Hall–Kier alpha value is -0.610. The molecule has 0 spiro atoms. The number of carbonyl (C=O) groups excluding carboxylic acids is 1. The third-order valence-electron chi connectivity index (χ3n) is 2.96. The maximum atomic E-state index is 11.5. The van der Waals surface area contributed by atoms with Crippen LogP contribution in [0.2, 0.25) is 0 Å². The first kappa shape index (κ1) is 14.5. The van der Waals surface area contributed by atoms with Crippen molar-refractivity contribution in [3.05, 3.63) is 0 Å². The second kappa shape index (κ2) is 8.48. The van der Waals surface area contributed by atoms with Gasteiger partial charge in [-0.2, -0.15) is 0 Å². The largest absolute Gasteiger partial charge is 0.379 e. The molecule has 1 unspecified atom stereocenters. The van der Waals surface area contributed by atoms with Gasteiger partial charge in [0, 0.05) is 19.6 Å². The molecule has 4 heteroatoms. The molecule has 4 nitrogen and oxygen atoms in total. The maximum absolute atomic E-state index is 11.5. The summed E-state index contributed by atoms with van der Waals surface area (Å²) in [5.74, 6) is 1.41. The molecule has 0 aromatic heterocycles. The zero-order valence-electron chi connectivity index (χ0n) is 11.1. The molecule has 1 aliphatic rings. The molecule has 1 saturated heterocycles. The molecule has 1 fully saturated rings. The summed E-state index contributed by atoms with van der Waals surface area (Å²) in [7, 11) is 0. The molecule has 1 atom stereocenters. The average molecular weight is 242 g/mol. The van der Waals surface area contributed by atoms with Crippen molar-refractivity contribution in [3.63, 3.8) is 0 Å². The summed E-state index contributed by atoms with van der Waals surface area (Å²) in [5.41, 5.74) is 0. The van der Waals surface area contributed by atoms with Crippen LogP contribution in [0, 0.1) is 11.8 Å². The van der Waals surface area contributed by atoms with Gasteiger partial charge < -0.3 is 15.4 Å². The van der Waals surface area contributed by atoms with E-state index in [1.807, 2.05) is 0 Å². The summed E-state index contributed by atoms with van der Waals surface area (Å²) in [6.45, 7) is 8.44. The molecular weight excluding hydrogens is 216 g/mol. The number of carbonyl (C=O) groups is 1. The molecule has 0 aliphatic carbocycles. The van der Waals surface area contributed by atoms with Crippen molar-refractivity contribution in [2.75, 3.05) is 32.8 Å². The fourth-order valence-electron chi connectivity index (χ4n) is 1.97. The molecule has 1 heterocycles. The zero-order valence-corrected chi connectivity index (χ0v) is 11.1. The summed E-state index contributed by atoms with van der Waals surface area (Å²) in [6.07, 6.45) is 2.87. The van der Waals surface area contributed by atoms with Crippen LogP contribution in [0.15, 0.2) is 0 Å². The SMILES string of the molecule is CC(C)COCCNC(=O)CCC1CCNC1. The van der Waals surface area contributed by atoms with Crippen molar-refractivity contribution in [2.45, 2.75) is 33.1 Å². The van der Waals surface area contributed by atoms with Crippen molar-refractivity contribution in [3.8, 4) is 0 Å². The minimum Gasteiger partial charge on any atom is -0.379 e. The Bertz CT molecular complexity index is 213. The molecule has 0 aromatic carbocycles. The molecule has 1 aliphatic heterocycles. The molecule has 0 saturated carbocycles. The van der Waals surface area contributed by atoms with E-state index < -0.39 is 0 Å². The monoisotopic (exact) mass is 242 g/mol. The van der Waals surface area contributed by atoms with Crippen LogP contribution in [-0.4, -0.2) is 38.8 Å². The summed E-state index contributed by atoms with van der Waals surface area (Å²) in [5, 5.41) is 6.21. The third-order valence-corrected chi connectivity index (χ3v) is 2.96. The highest BCUT2D eigenvalue weighted by atomic mass is 16.5. The molecular formula is C13H26N2O2. The molecule has 2 N–H and O–H groups in total. The number of amides is 1. The quantitative estimate of drug-likeness (QED) is 0.628. The summed E-state index contributed by atoms with van der Waals surface area (Å²) < 4.78 is 5.40. The van der Waals surface area contributed by atoms with Crippen LogP contribution in [0.3, 0.4) is 0 Å². The van der Waals surface area contributed by atoms with Gasteiger partial charge in [-0.3, -0.25) is 4.79 Å². The van der Waals surface area contributed by atoms with Gasteiger partial charge in [0.2, 0.25) is 5.91 Å². The van der Waals surface area contributed by atoms with Crippen LogP contribution < -0.4 is 10.6 Å². The van der Waals surface area contributed by atoms with E-state index in [1.165, 1.54) is 6.42 Å². The van der Waals surface area contributed by atoms with E-state index in [4.69, 9.17) is 4.74 Å². The Morgan fingerprint density at radius 2 is 2.35 bits per heavy atom. The smallest absolute Gasteiger partial charge is 0.220 e. The lowest BCUT2D eigenvalue weighted by molar-refractivity contribution is -0.121. The van der Waals surface area contributed by atoms with Gasteiger partial charge >= 0.3 is 0 Å². The van der Waals surface area contributed by atoms with Gasteiger partial charge in [-0.25, -0.2) is 0 Å². The standard InChI is InChI=1S/C13H26N2O2/c1-11(2)10-17-8-7-15-13(16)4-3-12-5-6-14-9-12/h11-12,14H,3-10H2,1-2H3,(H,15,16). The van der Waals surface area contributed by atoms with Gasteiger partial charge in [-0.15, -0.1) is 0 Å². The highest BCUT2D eigenvalue weighted by molar-refractivity contribution is 5.75. The second-order valence-electron chi connectivity index (χ2n) is 5.22. The molecule has 1 rings (SSSR count). The highest BCUT2D eigenvalue weighted by Gasteiger charge is 2.15. The van der Waals surface area contributed by atoms with E-state index in [9.17, 15) is 4.79 Å². The van der Waals surface area contributed by atoms with E-state index >= 15 is 0 Å². The van der Waals surface area contributed by atoms with E-state index in [1.54, 1.807) is 0 Å². The van der Waals surface area contributed by atoms with Crippen molar-refractivity contribution < 1.29 is 9.53 Å². The second-order valence-corrected chi connectivity index (χ2v) is 5.22. The van der Waals surface area contributed by atoms with Crippen molar-refractivity contribution in [1.82, 2.24) is 10.6 Å². The Morgan fingerprint density at radius 1 is 1.53 bits per heavy atom. The van der Waals surface area contributed by atoms with Gasteiger partial charge in [-0.05, 0) is 37.8 Å². The number of hydrogen-bond donors (Lipinski definition) is 2. The topological polar surface area (TPSA) is 50.4 Å². The molecule has 0 bridgehead atoms. The number of rotatable bonds is 8. The molecule has 100 valence electrons. The fourth-order valence-corrected chi connectivity index (χ4v) is 1.97. The predicted octanol–water partition coefficient (Wildman–Crippen LogP) is 1.16. The zero-order chi connectivity index (χ0) is 12.5. The lowest BCUT2D eigenvalue weighted by Crippen LogP contribution is -2.28. The van der Waals surface area contributed by atoms with E-state index in [2.05, 4.69) is 24.5 Å². The lowest BCUT2D eigenvalue weighted by Gasteiger charge is -2.09. The van der Waals surface area contributed by atoms with Gasteiger partial charge in [-0.1, -0.05) is 13.8 Å². The van der Waals surface area contributed by atoms with Gasteiger partial charge in [0.15, 0.2) is 0 Å². The van der Waals surface area contributed by atoms with E-state index in [0.717, 1.165) is 26.1 Å². The Morgan fingerprint density at radius 3 is 3.00 bits per heavy atom. The van der Waals surface area contributed by atoms with Crippen LogP contribution in [0.5, 0.6) is 0 Å². The highest BCUT2D eigenvalue weighted by Crippen LogP contribution is 2.13. The number of nitrogens with one attached hydrogen (secondary N) is 2. The van der Waals surface area contributed by atoms with E-state index in [0.29, 0.717) is 31.4 Å². The van der Waals surface area contributed by atoms with Crippen molar-refractivity contribution in [2.24, 2.45) is 11.8 Å². The molecule has 1 amide bonds. The van der Waals surface area contributed by atoms with Gasteiger partial charge in [0.1, 0.15) is 0 Å². The van der Waals surface area contributed by atoms with E-state index in [-0.39, 0.29) is 5.91 Å². The first-order valence-electron chi connectivity index (χ1n) is 6.73. The van der Waals surface area contributed by atoms with Crippen LogP contribution in [-0.2, 0) is 9.53 Å². The lowest BCUT2D eigenvalue weighted by atomic mass is 10.0. The minimum atomic E-state index is 0.157. The predicted molar refractivity (Wildman–Crippen MR) is 68.9 cm³/mol. The number of hydrogen-bond acceptors (Lipinski definition) is 3. The molecule has 0 radical (unpaired) electrons. The molecule has 17 heavy (non-hydrogen) atoms. The summed E-state index contributed by atoms with van der Waals surface area (Å²) >= 11 is 0. The fraction of sp³-hybridized carbons (Fsp3) is 0.923. The maximum Gasteiger partial charge on any atom is 0.220 e. The summed E-state index contributed by atoms with van der Waals surface area (Å²) in [6, 6.07) is 0. The Balaban J connectivity index is 1.90. The normalized spacial score (nSPS) is 19.8. The van der Waals surface area contributed by atoms with Crippen LogP contribution in [0.4, 0.5) is 0 Å². The minimum absolute atomic E-state index is 0.157. The Labute approximate surface area is 104 Å². The van der Waals surface area contributed by atoms with Crippen molar-refractivity contribution in [1.29, 1.82) is 0 Å². The summed E-state index contributed by atoms with van der Waals surface area (Å²) in [4.78, 5) is 11.5. The number of ether oxygens (including phenoxy) is 1. The van der Waals surface area contributed by atoms with Crippen LogP contribution in [0.1, 0.15) is 33.1 Å². The average Bonchev–Trinajstić information content (AvgIpc) is 2.78. The Kier molecular flexibility index (Phi) is 7.21. The molecule has 0 aromatic rings. The van der Waals surface area contributed by atoms with Gasteiger partial charge in [0.25, 0.3) is 0 Å². The van der Waals surface area contributed by atoms with Crippen molar-refractivity contribution >= 4 is 5.91 Å². The first-order valence-corrected chi connectivity index (χ1v) is 6.73. The van der Waals surface area contributed by atoms with Gasteiger partial charge in [0.05, 0.1) is 6.61 Å². The third kappa shape index (κ3) is 7.34.